The number of piperidine rings is 1. The zero-order valence-corrected chi connectivity index (χ0v) is 19.0. The molecule has 4 rings (SSSR count). The van der Waals surface area contributed by atoms with Crippen LogP contribution in [-0.2, 0) is 16.1 Å². The number of imide groups is 1. The van der Waals surface area contributed by atoms with Crippen LogP contribution < -0.4 is 4.90 Å². The first-order valence-electron chi connectivity index (χ1n) is 10.3. The van der Waals surface area contributed by atoms with E-state index in [1.807, 2.05) is 50.3 Å². The number of carbonyl (C=O) groups excluding carboxylic acids is 2. The predicted octanol–water partition coefficient (Wildman–Crippen LogP) is 3.01. The van der Waals surface area contributed by atoms with Crippen molar-refractivity contribution in [3.8, 4) is 0 Å². The summed E-state index contributed by atoms with van der Waals surface area (Å²) in [7, 11) is 0. The van der Waals surface area contributed by atoms with Gasteiger partial charge < -0.3 is 14.9 Å². The fraction of sp³-hybridized carbons (Fsp3) is 0.409. The lowest BCUT2D eigenvalue weighted by Gasteiger charge is -2.42. The summed E-state index contributed by atoms with van der Waals surface area (Å²) in [5.74, 6) is -0.0761. The topological polar surface area (TPSA) is 107 Å². The Morgan fingerprint density at radius 2 is 1.84 bits per heavy atom. The fourth-order valence-corrected chi connectivity index (χ4v) is 4.67. The molecule has 3 heterocycles. The van der Waals surface area contributed by atoms with Crippen LogP contribution in [-0.4, -0.2) is 68.7 Å². The molecule has 9 nitrogen and oxygen atoms in total. The molecule has 1 N–H and O–H groups in total. The highest BCUT2D eigenvalue weighted by molar-refractivity contribution is 7.13. The van der Waals surface area contributed by atoms with Crippen LogP contribution in [0.5, 0.6) is 0 Å². The minimum Gasteiger partial charge on any atom is -0.483 e. The lowest BCUT2D eigenvalue weighted by molar-refractivity contribution is -0.134. The Morgan fingerprint density at radius 3 is 2.41 bits per heavy atom. The molecule has 32 heavy (non-hydrogen) atoms. The SMILES string of the molecule is CC(C)=CCN1C(=O)N(Cc2ccccc2)C2(CCN(c3nncs3)CC2)C1=O.O=CO. The smallest absolute Gasteiger partial charge is 0.328 e. The van der Waals surface area contributed by atoms with Crippen molar-refractivity contribution in [2.24, 2.45) is 0 Å². The summed E-state index contributed by atoms with van der Waals surface area (Å²) >= 11 is 1.50. The highest BCUT2D eigenvalue weighted by Gasteiger charge is 2.57. The third-order valence-corrected chi connectivity index (χ3v) is 6.45. The zero-order chi connectivity index (χ0) is 23.1. The molecule has 0 unspecified atom stereocenters. The van der Waals surface area contributed by atoms with E-state index in [0.717, 1.165) is 16.3 Å². The Morgan fingerprint density at radius 1 is 1.19 bits per heavy atom. The van der Waals surface area contributed by atoms with Crippen LogP contribution in [0.2, 0.25) is 0 Å². The highest BCUT2D eigenvalue weighted by Crippen LogP contribution is 2.39. The van der Waals surface area contributed by atoms with Crippen molar-refractivity contribution in [1.82, 2.24) is 20.0 Å². The number of hydrogen-bond donors (Lipinski definition) is 1. The van der Waals surface area contributed by atoms with Gasteiger partial charge in [-0.25, -0.2) is 4.79 Å². The zero-order valence-electron chi connectivity index (χ0n) is 18.2. The number of carbonyl (C=O) groups is 3. The van der Waals surface area contributed by atoms with Gasteiger partial charge in [0, 0.05) is 26.2 Å². The number of aromatic nitrogens is 2. The number of anilines is 1. The van der Waals surface area contributed by atoms with Crippen molar-refractivity contribution in [3.05, 3.63) is 53.1 Å². The van der Waals surface area contributed by atoms with Crippen LogP contribution in [0.15, 0.2) is 47.5 Å². The molecule has 1 aromatic heterocycles. The van der Waals surface area contributed by atoms with Crippen molar-refractivity contribution >= 4 is 34.9 Å². The van der Waals surface area contributed by atoms with Crippen molar-refractivity contribution in [3.63, 3.8) is 0 Å². The number of urea groups is 1. The lowest BCUT2D eigenvalue weighted by Crippen LogP contribution is -2.56. The van der Waals surface area contributed by atoms with Gasteiger partial charge in [0.2, 0.25) is 5.13 Å². The summed E-state index contributed by atoms with van der Waals surface area (Å²) < 4.78 is 0. The molecule has 2 aliphatic rings. The molecule has 0 saturated carbocycles. The normalized spacial score (nSPS) is 17.2. The molecule has 2 saturated heterocycles. The molecule has 0 atom stereocenters. The van der Waals surface area contributed by atoms with E-state index in [0.29, 0.717) is 39.0 Å². The molecule has 1 aromatic carbocycles. The molecule has 2 fully saturated rings. The Bertz CT molecular complexity index is 952. The van der Waals surface area contributed by atoms with Crippen LogP contribution in [0.1, 0.15) is 32.3 Å². The second-order valence-electron chi connectivity index (χ2n) is 7.90. The number of hydrogen-bond acceptors (Lipinski definition) is 7. The third-order valence-electron chi connectivity index (χ3n) is 5.70. The van der Waals surface area contributed by atoms with Crippen LogP contribution >= 0.6 is 11.3 Å². The van der Waals surface area contributed by atoms with Gasteiger partial charge in [0.1, 0.15) is 11.0 Å². The van der Waals surface area contributed by atoms with E-state index < -0.39 is 5.54 Å². The molecular formula is C22H27N5O4S. The van der Waals surface area contributed by atoms with E-state index >= 15 is 0 Å². The minimum absolute atomic E-state index is 0.0761. The number of allylic oxidation sites excluding steroid dienone is 1. The van der Waals surface area contributed by atoms with Crippen LogP contribution in [0.25, 0.3) is 0 Å². The molecule has 0 aliphatic carbocycles. The predicted molar refractivity (Wildman–Crippen MR) is 121 cm³/mol. The number of carboxylic acid groups (broad SMARTS) is 1. The highest BCUT2D eigenvalue weighted by atomic mass is 32.1. The number of rotatable bonds is 5. The van der Waals surface area contributed by atoms with E-state index in [2.05, 4.69) is 15.1 Å². The molecule has 0 radical (unpaired) electrons. The van der Waals surface area contributed by atoms with Gasteiger partial charge in [0.25, 0.3) is 12.4 Å². The summed E-state index contributed by atoms with van der Waals surface area (Å²) in [6.45, 7) is 5.82. The van der Waals surface area contributed by atoms with E-state index in [9.17, 15) is 9.59 Å². The number of benzene rings is 1. The van der Waals surface area contributed by atoms with Crippen LogP contribution in [0.4, 0.5) is 9.93 Å². The quantitative estimate of drug-likeness (QED) is 0.418. The average Bonchev–Trinajstić information content (AvgIpc) is 3.38. The minimum atomic E-state index is -0.788. The van der Waals surface area contributed by atoms with Crippen LogP contribution in [0, 0.1) is 0 Å². The Hall–Kier alpha value is -3.27. The van der Waals surface area contributed by atoms with Gasteiger partial charge in [-0.15, -0.1) is 10.2 Å². The first-order valence-corrected chi connectivity index (χ1v) is 11.2. The van der Waals surface area contributed by atoms with Gasteiger partial charge in [0.15, 0.2) is 0 Å². The van der Waals surface area contributed by atoms with Crippen molar-refractivity contribution < 1.29 is 19.5 Å². The lowest BCUT2D eigenvalue weighted by atomic mass is 9.85. The standard InChI is InChI=1S/C21H25N5O2S.CH2O2/c1-16(2)8-11-25-18(27)21(9-12-24(13-10-21)19-23-22-15-29-19)26(20(25)28)14-17-6-4-3-5-7-17;2-1-3/h3-8,15H,9-14H2,1-2H3;1H,(H,2,3). The van der Waals surface area contributed by atoms with Crippen LogP contribution in [0.3, 0.4) is 0 Å². The largest absolute Gasteiger partial charge is 0.483 e. The first-order chi connectivity index (χ1) is 15.4. The summed E-state index contributed by atoms with van der Waals surface area (Å²) in [5.41, 5.74) is 3.05. The van der Waals surface area contributed by atoms with Gasteiger partial charge in [0.05, 0.1) is 0 Å². The maximum absolute atomic E-state index is 13.5. The molecule has 1 spiro atoms. The number of nitrogens with zero attached hydrogens (tertiary/aromatic N) is 5. The van der Waals surface area contributed by atoms with Gasteiger partial charge in [-0.05, 0) is 32.3 Å². The molecular weight excluding hydrogens is 430 g/mol. The Balaban J connectivity index is 0.000000913. The van der Waals surface area contributed by atoms with E-state index in [1.54, 1.807) is 10.4 Å². The summed E-state index contributed by atoms with van der Waals surface area (Å²) in [4.78, 5) is 40.5. The van der Waals surface area contributed by atoms with Crippen molar-refractivity contribution in [1.29, 1.82) is 0 Å². The summed E-state index contributed by atoms with van der Waals surface area (Å²) in [6, 6.07) is 9.69. The number of amides is 3. The molecule has 3 amide bonds. The fourth-order valence-electron chi connectivity index (χ4n) is 4.06. The third kappa shape index (κ3) is 4.80. The van der Waals surface area contributed by atoms with E-state index in [4.69, 9.17) is 9.90 Å². The van der Waals surface area contributed by atoms with Crippen molar-refractivity contribution in [2.45, 2.75) is 38.8 Å². The van der Waals surface area contributed by atoms with Gasteiger partial charge in [-0.1, -0.05) is 53.3 Å². The van der Waals surface area contributed by atoms with Gasteiger partial charge in [-0.2, -0.15) is 0 Å². The van der Waals surface area contributed by atoms with E-state index in [-0.39, 0.29) is 18.4 Å². The maximum atomic E-state index is 13.5. The second-order valence-corrected chi connectivity index (χ2v) is 8.71. The Labute approximate surface area is 191 Å². The molecule has 170 valence electrons. The van der Waals surface area contributed by atoms with Gasteiger partial charge >= 0.3 is 6.03 Å². The average molecular weight is 458 g/mol. The summed E-state index contributed by atoms with van der Waals surface area (Å²) in [5, 5.41) is 15.8. The monoisotopic (exact) mass is 457 g/mol. The maximum Gasteiger partial charge on any atom is 0.328 e. The van der Waals surface area contributed by atoms with Gasteiger partial charge in [-0.3, -0.25) is 14.5 Å². The summed E-state index contributed by atoms with van der Waals surface area (Å²) in [6.07, 6.45) is 3.12. The van der Waals surface area contributed by atoms with Crippen molar-refractivity contribution in [2.75, 3.05) is 24.5 Å². The molecule has 2 aromatic rings. The second kappa shape index (κ2) is 10.4. The molecule has 10 heteroatoms. The molecule has 2 aliphatic heterocycles. The van der Waals surface area contributed by atoms with E-state index in [1.165, 1.54) is 16.2 Å². The first kappa shape index (κ1) is 23.4. The Kier molecular flexibility index (Phi) is 7.57. The molecule has 0 bridgehead atoms.